The number of ether oxygens (including phenoxy) is 1. The summed E-state index contributed by atoms with van der Waals surface area (Å²) in [5, 5.41) is 0. The lowest BCUT2D eigenvalue weighted by molar-refractivity contribution is 0.0303. The average molecular weight is 410 g/mol. The molecule has 1 fully saturated rings. The maximum absolute atomic E-state index is 13.6. The van der Waals surface area contributed by atoms with Crippen molar-refractivity contribution in [2.45, 2.75) is 6.92 Å². The van der Waals surface area contributed by atoms with Crippen LogP contribution in [0.5, 0.6) is 0 Å². The van der Waals surface area contributed by atoms with E-state index in [4.69, 9.17) is 10.5 Å². The molecule has 0 spiro atoms. The number of morpholine rings is 1. The van der Waals surface area contributed by atoms with Crippen LogP contribution in [0, 0.1) is 18.6 Å². The first-order valence-electron chi connectivity index (χ1n) is 8.44. The highest BCUT2D eigenvalue weighted by Gasteiger charge is 2.26. The fourth-order valence-electron chi connectivity index (χ4n) is 3.18. The Balaban J connectivity index is 0.00000225. The third kappa shape index (κ3) is 3.38. The van der Waals surface area contributed by atoms with Crippen LogP contribution in [0.15, 0.2) is 18.2 Å². The lowest BCUT2D eigenvalue weighted by Crippen LogP contribution is -2.41. The molecule has 0 saturated carbocycles. The smallest absolute Gasteiger partial charge is 0.258 e. The van der Waals surface area contributed by atoms with Crippen molar-refractivity contribution in [3.8, 4) is 11.4 Å². The number of nitrogens with one attached hydrogen (secondary N) is 1. The zero-order valence-corrected chi connectivity index (χ0v) is 15.8. The van der Waals surface area contributed by atoms with Crippen LogP contribution in [-0.4, -0.2) is 52.1 Å². The van der Waals surface area contributed by atoms with Gasteiger partial charge >= 0.3 is 0 Å². The van der Waals surface area contributed by atoms with E-state index >= 15 is 0 Å². The minimum atomic E-state index is -0.986. The number of hydrogen-bond donors (Lipinski definition) is 2. The molecule has 0 radical (unpaired) electrons. The number of hydrogen-bond acceptors (Lipinski definition) is 5. The largest absolute Gasteiger partial charge is 0.382 e. The van der Waals surface area contributed by atoms with E-state index in [1.54, 1.807) is 11.8 Å². The van der Waals surface area contributed by atoms with Gasteiger partial charge in [0.2, 0.25) is 0 Å². The Labute approximate surface area is 165 Å². The first-order chi connectivity index (χ1) is 13.0. The number of carbonyl (C=O) groups is 1. The summed E-state index contributed by atoms with van der Waals surface area (Å²) in [6, 6.07) is 3.45. The van der Waals surface area contributed by atoms with Crippen molar-refractivity contribution in [3.63, 3.8) is 0 Å². The number of anilines is 1. The van der Waals surface area contributed by atoms with Gasteiger partial charge in [0, 0.05) is 18.7 Å². The zero-order chi connectivity index (χ0) is 19.1. The summed E-state index contributed by atoms with van der Waals surface area (Å²) >= 11 is 0. The number of halogens is 3. The molecular formula is C18H18ClF2N5O2. The molecule has 1 amide bonds. The number of nitrogens with zero attached hydrogens (tertiary/aromatic N) is 3. The molecule has 0 bridgehead atoms. The molecule has 1 saturated heterocycles. The van der Waals surface area contributed by atoms with Crippen LogP contribution < -0.4 is 5.73 Å². The van der Waals surface area contributed by atoms with Crippen LogP contribution >= 0.6 is 12.4 Å². The number of rotatable bonds is 2. The molecule has 2 aromatic heterocycles. The summed E-state index contributed by atoms with van der Waals surface area (Å²) in [4.78, 5) is 26.3. The number of aromatic nitrogens is 3. The molecule has 1 aliphatic rings. The Morgan fingerprint density at radius 2 is 1.93 bits per heavy atom. The van der Waals surface area contributed by atoms with Crippen molar-refractivity contribution in [2.24, 2.45) is 0 Å². The molecule has 4 rings (SSSR count). The number of pyridine rings is 1. The number of benzene rings is 1. The Kier molecular flexibility index (Phi) is 5.48. The van der Waals surface area contributed by atoms with E-state index in [2.05, 4.69) is 15.0 Å². The number of nitrogens with two attached hydrogens (primary N) is 1. The number of nitrogen functional groups attached to an aromatic ring is 1. The molecule has 0 atom stereocenters. The van der Waals surface area contributed by atoms with Gasteiger partial charge in [0.1, 0.15) is 11.3 Å². The maximum Gasteiger partial charge on any atom is 0.258 e. The minimum Gasteiger partial charge on any atom is -0.382 e. The van der Waals surface area contributed by atoms with E-state index < -0.39 is 11.6 Å². The molecule has 1 aromatic carbocycles. The van der Waals surface area contributed by atoms with Crippen LogP contribution in [0.25, 0.3) is 22.4 Å². The summed E-state index contributed by atoms with van der Waals surface area (Å²) in [6.07, 6.45) is 0. The maximum atomic E-state index is 13.6. The molecule has 28 heavy (non-hydrogen) atoms. The highest BCUT2D eigenvalue weighted by Crippen LogP contribution is 2.29. The van der Waals surface area contributed by atoms with E-state index in [1.165, 1.54) is 6.07 Å². The first-order valence-corrected chi connectivity index (χ1v) is 8.44. The van der Waals surface area contributed by atoms with E-state index in [0.29, 0.717) is 54.2 Å². The number of imidazole rings is 1. The highest BCUT2D eigenvalue weighted by molar-refractivity contribution is 6.08. The number of aromatic amines is 1. The van der Waals surface area contributed by atoms with E-state index in [9.17, 15) is 13.6 Å². The fourth-order valence-corrected chi connectivity index (χ4v) is 3.18. The van der Waals surface area contributed by atoms with Crippen molar-refractivity contribution in [1.29, 1.82) is 0 Å². The molecule has 3 aromatic rings. The monoisotopic (exact) mass is 409 g/mol. The molecule has 3 N–H and O–H groups in total. The first kappa shape index (κ1) is 20.0. The van der Waals surface area contributed by atoms with Gasteiger partial charge in [0.15, 0.2) is 17.5 Å². The third-order valence-electron chi connectivity index (χ3n) is 4.55. The Hall–Kier alpha value is -2.78. The lowest BCUT2D eigenvalue weighted by atomic mass is 10.1. The molecule has 0 aliphatic carbocycles. The summed E-state index contributed by atoms with van der Waals surface area (Å²) in [7, 11) is 0. The second kappa shape index (κ2) is 7.69. The number of carbonyl (C=O) groups excluding carboxylic acids is 1. The van der Waals surface area contributed by atoms with Gasteiger partial charge in [-0.1, -0.05) is 0 Å². The predicted molar refractivity (Wildman–Crippen MR) is 102 cm³/mol. The Morgan fingerprint density at radius 1 is 1.21 bits per heavy atom. The third-order valence-corrected chi connectivity index (χ3v) is 4.55. The van der Waals surface area contributed by atoms with Crippen molar-refractivity contribution in [2.75, 3.05) is 32.0 Å². The van der Waals surface area contributed by atoms with Crippen LogP contribution in [-0.2, 0) is 4.74 Å². The second-order valence-electron chi connectivity index (χ2n) is 6.30. The topological polar surface area (TPSA) is 97.1 Å². The van der Waals surface area contributed by atoms with Crippen LogP contribution in [0.1, 0.15) is 16.1 Å². The Bertz CT molecular complexity index is 1050. The van der Waals surface area contributed by atoms with Gasteiger partial charge in [0.05, 0.1) is 30.0 Å². The molecule has 3 heterocycles. The molecule has 0 unspecified atom stereocenters. The van der Waals surface area contributed by atoms with E-state index in [0.717, 1.165) is 12.1 Å². The average Bonchev–Trinajstić information content (AvgIpc) is 3.10. The number of amides is 1. The number of aryl methyl sites for hydroxylation is 1. The van der Waals surface area contributed by atoms with Gasteiger partial charge in [-0.15, -0.1) is 12.4 Å². The standard InChI is InChI=1S/C18H17F2N5O2.ClH/c1-9-13(18(26)25-4-6-27-7-5-25)14-15(16(21)22-9)24-17(23-14)10-2-3-11(19)12(20)8-10;/h2-3,8H,4-7H2,1H3,(H2,21,22)(H,23,24);1H. The summed E-state index contributed by atoms with van der Waals surface area (Å²) in [5.41, 5.74) is 7.89. The molecule has 1 aliphatic heterocycles. The van der Waals surface area contributed by atoms with Crippen molar-refractivity contribution >= 4 is 35.2 Å². The van der Waals surface area contributed by atoms with Crippen LogP contribution in [0.4, 0.5) is 14.6 Å². The van der Waals surface area contributed by atoms with Gasteiger partial charge in [-0.25, -0.2) is 18.7 Å². The zero-order valence-electron chi connectivity index (χ0n) is 15.0. The minimum absolute atomic E-state index is 0. The fraction of sp³-hybridized carbons (Fsp3) is 0.278. The van der Waals surface area contributed by atoms with Crippen molar-refractivity contribution in [1.82, 2.24) is 19.9 Å². The van der Waals surface area contributed by atoms with Crippen molar-refractivity contribution < 1.29 is 18.3 Å². The summed E-state index contributed by atoms with van der Waals surface area (Å²) in [6.45, 7) is 3.60. The lowest BCUT2D eigenvalue weighted by Gasteiger charge is -2.27. The number of H-pyrrole nitrogens is 1. The van der Waals surface area contributed by atoms with Gasteiger partial charge in [-0.2, -0.15) is 0 Å². The quantitative estimate of drug-likeness (QED) is 0.678. The normalized spacial score (nSPS) is 14.2. The van der Waals surface area contributed by atoms with Crippen LogP contribution in [0.3, 0.4) is 0 Å². The van der Waals surface area contributed by atoms with Gasteiger partial charge < -0.3 is 20.4 Å². The van der Waals surface area contributed by atoms with E-state index in [1.807, 2.05) is 0 Å². The highest BCUT2D eigenvalue weighted by atomic mass is 35.5. The molecule has 7 nitrogen and oxygen atoms in total. The van der Waals surface area contributed by atoms with Crippen molar-refractivity contribution in [3.05, 3.63) is 41.1 Å². The Morgan fingerprint density at radius 3 is 2.61 bits per heavy atom. The van der Waals surface area contributed by atoms with Gasteiger partial charge in [-0.3, -0.25) is 4.79 Å². The summed E-state index contributed by atoms with van der Waals surface area (Å²) in [5.74, 6) is -1.70. The van der Waals surface area contributed by atoms with Crippen LogP contribution in [0.2, 0.25) is 0 Å². The van der Waals surface area contributed by atoms with E-state index in [-0.39, 0.29) is 30.0 Å². The summed E-state index contributed by atoms with van der Waals surface area (Å²) < 4.78 is 32.1. The van der Waals surface area contributed by atoms with Gasteiger partial charge in [0.25, 0.3) is 5.91 Å². The SMILES string of the molecule is Cc1nc(N)c2nc(-c3ccc(F)c(F)c3)[nH]c2c1C(=O)N1CCOCC1.Cl. The molecule has 10 heteroatoms. The molecular weight excluding hydrogens is 392 g/mol. The molecule has 148 valence electrons. The van der Waals surface area contributed by atoms with Gasteiger partial charge in [-0.05, 0) is 25.1 Å². The second-order valence-corrected chi connectivity index (χ2v) is 6.30. The number of fused-ring (bicyclic) bond motifs is 1. The predicted octanol–water partition coefficient (Wildman–Crippen LogP) is 2.69.